The number of aromatic nitrogens is 5. The Hall–Kier alpha value is -3.93. The summed E-state index contributed by atoms with van der Waals surface area (Å²) in [6.07, 6.45) is 5.49. The standard InChI is InChI=1S/C23H19N5O/c1-28-14-19(17-10-12-24-13-11-17)23(27-28)29-15-16-6-8-18(9-7-16)22-25-20-4-2-3-5-21(20)26-22/h2-14H,15H2,1H3,(H,25,26). The molecule has 2 aromatic carbocycles. The molecule has 0 spiro atoms. The number of nitrogens with one attached hydrogen (secondary N) is 1. The summed E-state index contributed by atoms with van der Waals surface area (Å²) in [6.45, 7) is 0.440. The monoisotopic (exact) mass is 381 g/mol. The van der Waals surface area contributed by atoms with Crippen molar-refractivity contribution < 1.29 is 4.74 Å². The summed E-state index contributed by atoms with van der Waals surface area (Å²) in [4.78, 5) is 12.1. The average Bonchev–Trinajstić information content (AvgIpc) is 3.36. The van der Waals surface area contributed by atoms with Crippen molar-refractivity contribution in [3.05, 3.63) is 84.8 Å². The summed E-state index contributed by atoms with van der Waals surface area (Å²) < 4.78 is 7.78. The first kappa shape index (κ1) is 17.2. The molecule has 3 heterocycles. The number of hydrogen-bond acceptors (Lipinski definition) is 4. The van der Waals surface area contributed by atoms with Gasteiger partial charge in [0.15, 0.2) is 0 Å². The molecular formula is C23H19N5O. The maximum atomic E-state index is 6.02. The van der Waals surface area contributed by atoms with Crippen LogP contribution in [0.1, 0.15) is 5.56 Å². The van der Waals surface area contributed by atoms with Gasteiger partial charge in [-0.25, -0.2) is 4.98 Å². The van der Waals surface area contributed by atoms with Gasteiger partial charge in [-0.15, -0.1) is 5.10 Å². The number of benzene rings is 2. The number of para-hydroxylation sites is 2. The highest BCUT2D eigenvalue weighted by molar-refractivity contribution is 5.79. The number of pyridine rings is 1. The molecule has 1 N–H and O–H groups in total. The van der Waals surface area contributed by atoms with Crippen molar-refractivity contribution >= 4 is 11.0 Å². The van der Waals surface area contributed by atoms with E-state index in [0.717, 1.165) is 39.1 Å². The molecule has 0 unspecified atom stereocenters. The zero-order chi connectivity index (χ0) is 19.6. The first-order valence-electron chi connectivity index (χ1n) is 9.37. The van der Waals surface area contributed by atoms with Gasteiger partial charge < -0.3 is 9.72 Å². The van der Waals surface area contributed by atoms with E-state index < -0.39 is 0 Å². The Balaban J connectivity index is 1.33. The van der Waals surface area contributed by atoms with E-state index in [1.807, 2.05) is 49.6 Å². The first-order valence-corrected chi connectivity index (χ1v) is 9.37. The van der Waals surface area contributed by atoms with Crippen molar-refractivity contribution in [2.75, 3.05) is 0 Å². The number of nitrogens with zero attached hydrogens (tertiary/aromatic N) is 4. The lowest BCUT2D eigenvalue weighted by molar-refractivity contribution is 0.292. The molecule has 3 aromatic heterocycles. The molecule has 0 aliphatic carbocycles. The van der Waals surface area contributed by atoms with Gasteiger partial charge in [-0.1, -0.05) is 36.4 Å². The Morgan fingerprint density at radius 2 is 1.72 bits per heavy atom. The summed E-state index contributed by atoms with van der Waals surface area (Å²) in [6, 6.07) is 20.1. The molecular weight excluding hydrogens is 362 g/mol. The van der Waals surface area contributed by atoms with E-state index in [-0.39, 0.29) is 0 Å². The second-order valence-corrected chi connectivity index (χ2v) is 6.85. The van der Waals surface area contributed by atoms with Gasteiger partial charge in [0.1, 0.15) is 12.4 Å². The van der Waals surface area contributed by atoms with Crippen LogP contribution in [0.2, 0.25) is 0 Å². The van der Waals surface area contributed by atoms with Crippen molar-refractivity contribution in [2.45, 2.75) is 6.61 Å². The Labute approximate surface area is 167 Å². The third kappa shape index (κ3) is 3.48. The fraction of sp³-hybridized carbons (Fsp3) is 0.0870. The molecule has 0 amide bonds. The maximum Gasteiger partial charge on any atom is 0.241 e. The van der Waals surface area contributed by atoms with Crippen molar-refractivity contribution in [3.8, 4) is 28.4 Å². The lowest BCUT2D eigenvalue weighted by atomic mass is 10.1. The summed E-state index contributed by atoms with van der Waals surface area (Å²) in [5, 5.41) is 4.45. The Kier molecular flexibility index (Phi) is 4.29. The molecule has 0 bridgehead atoms. The molecule has 142 valence electrons. The lowest BCUT2D eigenvalue weighted by Gasteiger charge is -2.06. The van der Waals surface area contributed by atoms with Crippen LogP contribution in [0, 0.1) is 0 Å². The summed E-state index contributed by atoms with van der Waals surface area (Å²) in [5.74, 6) is 1.48. The van der Waals surface area contributed by atoms with E-state index in [4.69, 9.17) is 4.74 Å². The SMILES string of the molecule is Cn1cc(-c2ccncc2)c(OCc2ccc(-c3nc4ccccc4[nH]3)cc2)n1. The van der Waals surface area contributed by atoms with Crippen LogP contribution in [-0.4, -0.2) is 24.7 Å². The molecule has 0 saturated heterocycles. The smallest absolute Gasteiger partial charge is 0.241 e. The lowest BCUT2D eigenvalue weighted by Crippen LogP contribution is -1.98. The van der Waals surface area contributed by atoms with Gasteiger partial charge in [-0.05, 0) is 35.4 Å². The van der Waals surface area contributed by atoms with Crippen molar-refractivity contribution in [1.82, 2.24) is 24.7 Å². The third-order valence-corrected chi connectivity index (χ3v) is 4.78. The predicted molar refractivity (Wildman–Crippen MR) is 112 cm³/mol. The number of aromatic amines is 1. The number of rotatable bonds is 5. The van der Waals surface area contributed by atoms with Gasteiger partial charge in [0, 0.05) is 31.2 Å². The van der Waals surface area contributed by atoms with Crippen LogP contribution >= 0.6 is 0 Å². The second-order valence-electron chi connectivity index (χ2n) is 6.85. The molecule has 5 aromatic rings. The number of hydrogen-bond donors (Lipinski definition) is 1. The Morgan fingerprint density at radius 1 is 0.931 bits per heavy atom. The summed E-state index contributed by atoms with van der Waals surface area (Å²) >= 11 is 0. The van der Waals surface area contributed by atoms with Gasteiger partial charge in [0.25, 0.3) is 0 Å². The Bertz CT molecular complexity index is 1220. The van der Waals surface area contributed by atoms with Crippen LogP contribution < -0.4 is 4.74 Å². The van der Waals surface area contributed by atoms with Gasteiger partial charge in [-0.2, -0.15) is 0 Å². The molecule has 6 heteroatoms. The minimum absolute atomic E-state index is 0.440. The highest BCUT2D eigenvalue weighted by Crippen LogP contribution is 2.29. The van der Waals surface area contributed by atoms with E-state index in [2.05, 4.69) is 44.3 Å². The zero-order valence-electron chi connectivity index (χ0n) is 15.9. The van der Waals surface area contributed by atoms with E-state index in [9.17, 15) is 0 Å². The van der Waals surface area contributed by atoms with Crippen LogP contribution in [0.25, 0.3) is 33.5 Å². The Morgan fingerprint density at radius 3 is 2.52 bits per heavy atom. The van der Waals surface area contributed by atoms with E-state index >= 15 is 0 Å². The van der Waals surface area contributed by atoms with E-state index in [1.165, 1.54) is 0 Å². The van der Waals surface area contributed by atoms with Gasteiger partial charge >= 0.3 is 0 Å². The average molecular weight is 381 g/mol. The molecule has 29 heavy (non-hydrogen) atoms. The second kappa shape index (κ2) is 7.24. The topological polar surface area (TPSA) is 68.6 Å². The van der Waals surface area contributed by atoms with Crippen LogP contribution in [0.5, 0.6) is 5.88 Å². The predicted octanol–water partition coefficient (Wildman–Crippen LogP) is 4.60. The molecule has 0 saturated carbocycles. The highest BCUT2D eigenvalue weighted by Gasteiger charge is 2.12. The van der Waals surface area contributed by atoms with Crippen molar-refractivity contribution in [1.29, 1.82) is 0 Å². The van der Waals surface area contributed by atoms with Gasteiger partial charge in [0.05, 0.1) is 16.6 Å². The summed E-state index contributed by atoms with van der Waals surface area (Å²) in [7, 11) is 1.89. The van der Waals surface area contributed by atoms with Crippen molar-refractivity contribution in [2.24, 2.45) is 7.05 Å². The van der Waals surface area contributed by atoms with E-state index in [0.29, 0.717) is 12.5 Å². The zero-order valence-corrected chi connectivity index (χ0v) is 15.9. The normalized spacial score (nSPS) is 11.1. The van der Waals surface area contributed by atoms with Crippen LogP contribution in [0.15, 0.2) is 79.3 Å². The quantitative estimate of drug-likeness (QED) is 0.483. The van der Waals surface area contributed by atoms with Gasteiger partial charge in [0.2, 0.25) is 5.88 Å². The molecule has 0 aliphatic heterocycles. The molecule has 6 nitrogen and oxygen atoms in total. The maximum absolute atomic E-state index is 6.02. The fourth-order valence-electron chi connectivity index (χ4n) is 3.30. The van der Waals surface area contributed by atoms with E-state index in [1.54, 1.807) is 17.1 Å². The third-order valence-electron chi connectivity index (χ3n) is 4.78. The molecule has 5 rings (SSSR count). The molecule has 0 atom stereocenters. The van der Waals surface area contributed by atoms with Crippen molar-refractivity contribution in [3.63, 3.8) is 0 Å². The molecule has 0 fully saturated rings. The minimum atomic E-state index is 0.440. The largest absolute Gasteiger partial charge is 0.471 e. The van der Waals surface area contributed by atoms with Crippen LogP contribution in [0.4, 0.5) is 0 Å². The number of ether oxygens (including phenoxy) is 1. The minimum Gasteiger partial charge on any atom is -0.471 e. The van der Waals surface area contributed by atoms with Crippen LogP contribution in [-0.2, 0) is 13.7 Å². The number of H-pyrrole nitrogens is 1. The van der Waals surface area contributed by atoms with Crippen LogP contribution in [0.3, 0.4) is 0 Å². The number of aryl methyl sites for hydroxylation is 1. The fourth-order valence-corrected chi connectivity index (χ4v) is 3.30. The highest BCUT2D eigenvalue weighted by atomic mass is 16.5. The molecule has 0 radical (unpaired) electrons. The molecule has 0 aliphatic rings. The first-order chi connectivity index (χ1) is 14.3. The van der Waals surface area contributed by atoms with Gasteiger partial charge in [-0.3, -0.25) is 9.67 Å². The number of imidazole rings is 1. The summed E-state index contributed by atoms with van der Waals surface area (Å²) in [5.41, 5.74) is 6.09. The number of fused-ring (bicyclic) bond motifs is 1.